The largest absolute Gasteiger partial charge is 0.466 e. The highest BCUT2D eigenvalue weighted by atomic mass is 32.2. The lowest BCUT2D eigenvalue weighted by Gasteiger charge is -2.46. The normalized spacial score (nSPS) is 25.7. The summed E-state index contributed by atoms with van der Waals surface area (Å²) in [5.74, 6) is -1.27. The molecule has 34 heavy (non-hydrogen) atoms. The zero-order valence-electron chi connectivity index (χ0n) is 19.8. The summed E-state index contributed by atoms with van der Waals surface area (Å²) in [5.41, 5.74) is 1.14. The zero-order valence-corrected chi connectivity index (χ0v) is 20.6. The Labute approximate surface area is 204 Å². The number of esters is 1. The Kier molecular flexibility index (Phi) is 5.92. The number of para-hydroxylation sites is 1. The smallest absolute Gasteiger partial charge is 0.311 e. The summed E-state index contributed by atoms with van der Waals surface area (Å²) in [4.78, 5) is 45.7. The van der Waals surface area contributed by atoms with Crippen LogP contribution in [0.1, 0.15) is 48.5 Å². The van der Waals surface area contributed by atoms with Crippen LogP contribution in [0.4, 0.5) is 5.69 Å². The molecule has 2 heterocycles. The SMILES string of the molecule is CCOC(=O)[C@H]1CN(C(=O)c2ccc(SC)cc2)[C@]2(C)C(=O)N(CC3CC3)c3ccccc3[C@H]12. The number of hydrogen-bond acceptors (Lipinski definition) is 5. The molecule has 2 aliphatic heterocycles. The topological polar surface area (TPSA) is 66.9 Å². The number of hydrogen-bond donors (Lipinski definition) is 0. The number of thioether (sulfide) groups is 1. The molecule has 1 saturated heterocycles. The van der Waals surface area contributed by atoms with E-state index in [4.69, 9.17) is 4.74 Å². The molecule has 3 aliphatic rings. The fourth-order valence-corrected chi connectivity index (χ4v) is 5.99. The van der Waals surface area contributed by atoms with Gasteiger partial charge in [0.25, 0.3) is 11.8 Å². The van der Waals surface area contributed by atoms with Crippen molar-refractivity contribution in [3.63, 3.8) is 0 Å². The van der Waals surface area contributed by atoms with Gasteiger partial charge < -0.3 is 14.5 Å². The van der Waals surface area contributed by atoms with Crippen LogP contribution in [0.3, 0.4) is 0 Å². The first-order valence-corrected chi connectivity index (χ1v) is 13.2. The molecule has 1 aliphatic carbocycles. The average molecular weight is 479 g/mol. The molecule has 3 atom stereocenters. The van der Waals surface area contributed by atoms with Gasteiger partial charge in [-0.3, -0.25) is 14.4 Å². The highest BCUT2D eigenvalue weighted by molar-refractivity contribution is 7.98. The number of rotatable bonds is 6. The third-order valence-electron chi connectivity index (χ3n) is 7.50. The summed E-state index contributed by atoms with van der Waals surface area (Å²) < 4.78 is 5.43. The predicted molar refractivity (Wildman–Crippen MR) is 132 cm³/mol. The van der Waals surface area contributed by atoms with Crippen molar-refractivity contribution in [1.82, 2.24) is 4.90 Å². The Balaban J connectivity index is 1.62. The number of amides is 2. The maximum Gasteiger partial charge on any atom is 0.311 e. The van der Waals surface area contributed by atoms with Crippen LogP contribution in [0.15, 0.2) is 53.4 Å². The van der Waals surface area contributed by atoms with E-state index in [0.717, 1.165) is 29.0 Å². The number of benzene rings is 2. The van der Waals surface area contributed by atoms with Crippen molar-refractivity contribution >= 4 is 35.2 Å². The minimum atomic E-state index is -1.17. The van der Waals surface area contributed by atoms with E-state index in [1.54, 1.807) is 35.7 Å². The number of nitrogens with zero attached hydrogens (tertiary/aromatic N) is 2. The first-order chi connectivity index (χ1) is 16.4. The number of ether oxygens (including phenoxy) is 1. The van der Waals surface area contributed by atoms with Crippen LogP contribution in [-0.2, 0) is 14.3 Å². The summed E-state index contributed by atoms with van der Waals surface area (Å²) in [5, 5.41) is 0. The van der Waals surface area contributed by atoms with Crippen molar-refractivity contribution < 1.29 is 19.1 Å². The average Bonchev–Trinajstić information content (AvgIpc) is 3.62. The maximum atomic E-state index is 14.2. The second-order valence-electron chi connectivity index (χ2n) is 9.55. The van der Waals surface area contributed by atoms with Gasteiger partial charge in [-0.2, -0.15) is 0 Å². The van der Waals surface area contributed by atoms with E-state index in [1.165, 1.54) is 0 Å². The fourth-order valence-electron chi connectivity index (χ4n) is 5.58. The third kappa shape index (κ3) is 3.61. The van der Waals surface area contributed by atoms with E-state index in [0.29, 0.717) is 18.0 Å². The van der Waals surface area contributed by atoms with Gasteiger partial charge in [0.1, 0.15) is 5.54 Å². The predicted octanol–water partition coefficient (Wildman–Crippen LogP) is 4.34. The number of likely N-dealkylation sites (tertiary alicyclic amines) is 1. The van der Waals surface area contributed by atoms with Crippen molar-refractivity contribution in [3.8, 4) is 0 Å². The van der Waals surface area contributed by atoms with Crippen molar-refractivity contribution in [3.05, 3.63) is 59.7 Å². The quantitative estimate of drug-likeness (QED) is 0.456. The highest BCUT2D eigenvalue weighted by Gasteiger charge is 2.64. The Morgan fingerprint density at radius 3 is 2.47 bits per heavy atom. The van der Waals surface area contributed by atoms with Crippen LogP contribution in [0.2, 0.25) is 0 Å². The van der Waals surface area contributed by atoms with E-state index >= 15 is 0 Å². The highest BCUT2D eigenvalue weighted by Crippen LogP contribution is 2.54. The van der Waals surface area contributed by atoms with Gasteiger partial charge in [0, 0.05) is 35.2 Å². The zero-order chi connectivity index (χ0) is 24.0. The number of carbonyl (C=O) groups is 3. The molecule has 6 nitrogen and oxygen atoms in total. The maximum absolute atomic E-state index is 14.2. The summed E-state index contributed by atoms with van der Waals surface area (Å²) >= 11 is 1.61. The Bertz CT molecular complexity index is 1130. The molecule has 1 saturated carbocycles. The molecule has 0 unspecified atom stereocenters. The van der Waals surface area contributed by atoms with E-state index in [9.17, 15) is 14.4 Å². The molecule has 2 aromatic rings. The second kappa shape index (κ2) is 8.77. The van der Waals surface area contributed by atoms with Gasteiger partial charge in [-0.25, -0.2) is 0 Å². The Morgan fingerprint density at radius 1 is 1.12 bits per heavy atom. The van der Waals surface area contributed by atoms with Gasteiger partial charge in [-0.1, -0.05) is 18.2 Å². The molecule has 2 aromatic carbocycles. The number of carbonyl (C=O) groups excluding carboxylic acids is 3. The Hall–Kier alpha value is -2.80. The molecule has 5 rings (SSSR count). The van der Waals surface area contributed by atoms with Crippen molar-refractivity contribution in [1.29, 1.82) is 0 Å². The van der Waals surface area contributed by atoms with Gasteiger partial charge in [-0.15, -0.1) is 11.8 Å². The van der Waals surface area contributed by atoms with E-state index in [-0.39, 0.29) is 30.9 Å². The first kappa shape index (κ1) is 23.0. The number of anilines is 1. The lowest BCUT2D eigenvalue weighted by Crippen LogP contribution is -2.62. The molecular weight excluding hydrogens is 448 g/mol. The van der Waals surface area contributed by atoms with E-state index in [2.05, 4.69) is 0 Å². The van der Waals surface area contributed by atoms with Gasteiger partial charge in [-0.05, 0) is 74.8 Å². The summed E-state index contributed by atoms with van der Waals surface area (Å²) in [6.45, 7) is 4.67. The van der Waals surface area contributed by atoms with E-state index in [1.807, 2.05) is 54.5 Å². The van der Waals surface area contributed by atoms with Crippen molar-refractivity contribution in [2.75, 3.05) is 30.9 Å². The standard InChI is InChI=1S/C27H30N2O4S/c1-4-33-25(31)21-16-29(24(30)18-11-13-19(34-3)14-12-18)27(2)23(21)20-7-5-6-8-22(20)28(26(27)32)15-17-9-10-17/h5-8,11-14,17,21,23H,4,9-10,15-16H2,1-3H3/t21-,23+,27-/m0/s1. The molecule has 0 bridgehead atoms. The summed E-state index contributed by atoms with van der Waals surface area (Å²) in [6, 6.07) is 15.3. The third-order valence-corrected chi connectivity index (χ3v) is 8.24. The minimum absolute atomic E-state index is 0.107. The molecule has 2 amide bonds. The van der Waals surface area contributed by atoms with Crippen LogP contribution in [-0.4, -0.2) is 54.2 Å². The molecular formula is C27H30N2O4S. The van der Waals surface area contributed by atoms with Gasteiger partial charge in [0.15, 0.2) is 0 Å². The van der Waals surface area contributed by atoms with Gasteiger partial charge in [0.2, 0.25) is 0 Å². The molecule has 0 radical (unpaired) electrons. The lowest BCUT2D eigenvalue weighted by molar-refractivity contribution is -0.148. The lowest BCUT2D eigenvalue weighted by atomic mass is 9.72. The van der Waals surface area contributed by atoms with Gasteiger partial charge in [0.05, 0.1) is 12.5 Å². The summed E-state index contributed by atoms with van der Waals surface area (Å²) in [7, 11) is 0. The first-order valence-electron chi connectivity index (χ1n) is 11.9. The van der Waals surface area contributed by atoms with Crippen LogP contribution in [0.5, 0.6) is 0 Å². The molecule has 178 valence electrons. The molecule has 0 aromatic heterocycles. The van der Waals surface area contributed by atoms with Crippen LogP contribution in [0.25, 0.3) is 0 Å². The molecule has 7 heteroatoms. The van der Waals surface area contributed by atoms with E-state index < -0.39 is 17.4 Å². The van der Waals surface area contributed by atoms with Crippen LogP contribution < -0.4 is 4.90 Å². The van der Waals surface area contributed by atoms with Crippen molar-refractivity contribution in [2.24, 2.45) is 11.8 Å². The summed E-state index contributed by atoms with van der Waals surface area (Å²) in [6.07, 6.45) is 4.21. The fraction of sp³-hybridized carbons (Fsp3) is 0.444. The minimum Gasteiger partial charge on any atom is -0.466 e. The molecule has 2 fully saturated rings. The Morgan fingerprint density at radius 2 is 1.82 bits per heavy atom. The van der Waals surface area contributed by atoms with Crippen LogP contribution >= 0.6 is 11.8 Å². The monoisotopic (exact) mass is 478 g/mol. The van der Waals surface area contributed by atoms with Gasteiger partial charge >= 0.3 is 5.97 Å². The van der Waals surface area contributed by atoms with Crippen molar-refractivity contribution in [2.45, 2.75) is 43.0 Å². The second-order valence-corrected chi connectivity index (χ2v) is 10.4. The van der Waals surface area contributed by atoms with Crippen LogP contribution in [0, 0.1) is 11.8 Å². The molecule has 0 N–H and O–H groups in total. The molecule has 0 spiro atoms. The number of fused-ring (bicyclic) bond motifs is 3.